The third-order valence-corrected chi connectivity index (χ3v) is 4.66. The molecular formula is C23H40O3. The molecule has 0 aliphatic heterocycles. The van der Waals surface area contributed by atoms with Gasteiger partial charge in [-0.15, -0.1) is 0 Å². The van der Waals surface area contributed by atoms with Crippen LogP contribution in [0.1, 0.15) is 85.5 Å². The van der Waals surface area contributed by atoms with Crippen LogP contribution >= 0.6 is 0 Å². The maximum Gasteiger partial charge on any atom is 0.334 e. The van der Waals surface area contributed by atoms with Crippen molar-refractivity contribution in [1.29, 1.82) is 0 Å². The average molecular weight is 365 g/mol. The van der Waals surface area contributed by atoms with E-state index in [0.717, 1.165) is 38.5 Å². The highest BCUT2D eigenvalue weighted by Crippen LogP contribution is 2.22. The summed E-state index contributed by atoms with van der Waals surface area (Å²) in [5, 5.41) is 0. The van der Waals surface area contributed by atoms with Gasteiger partial charge < -0.3 is 4.74 Å². The van der Waals surface area contributed by atoms with Crippen molar-refractivity contribution in [3.05, 3.63) is 24.8 Å². The number of allylic oxidation sites excluding steroid dienone is 1. The normalized spacial score (nSPS) is 12.2. The molecule has 0 radical (unpaired) electrons. The number of unbranched alkanes of at least 4 members (excludes halogenated alkanes) is 4. The Balaban J connectivity index is 4.25. The van der Waals surface area contributed by atoms with Crippen LogP contribution in [0.3, 0.4) is 0 Å². The van der Waals surface area contributed by atoms with E-state index in [0.29, 0.717) is 24.9 Å². The van der Waals surface area contributed by atoms with E-state index >= 15 is 0 Å². The second-order valence-corrected chi connectivity index (χ2v) is 8.10. The molecule has 0 N–H and O–H groups in total. The van der Waals surface area contributed by atoms with Crippen molar-refractivity contribution >= 4 is 11.8 Å². The summed E-state index contributed by atoms with van der Waals surface area (Å²) in [5.41, 5.74) is 0.279. The number of rotatable bonds is 16. The largest absolute Gasteiger partial charge is 0.462 e. The lowest BCUT2D eigenvalue weighted by Crippen LogP contribution is -2.22. The van der Waals surface area contributed by atoms with Gasteiger partial charge in [-0.1, -0.05) is 85.8 Å². The highest BCUT2D eigenvalue weighted by atomic mass is 16.5. The van der Waals surface area contributed by atoms with Crippen molar-refractivity contribution in [2.24, 2.45) is 17.8 Å². The number of carbonyl (C=O) groups excluding carboxylic acids is 2. The van der Waals surface area contributed by atoms with Gasteiger partial charge in [-0.25, -0.2) is 4.79 Å². The molecule has 3 heteroatoms. The Hall–Kier alpha value is -1.38. The first kappa shape index (κ1) is 24.6. The summed E-state index contributed by atoms with van der Waals surface area (Å²) in [7, 11) is 0. The van der Waals surface area contributed by atoms with E-state index in [9.17, 15) is 9.59 Å². The first-order valence-electron chi connectivity index (χ1n) is 10.3. The predicted molar refractivity (Wildman–Crippen MR) is 110 cm³/mol. The monoisotopic (exact) mass is 364 g/mol. The van der Waals surface area contributed by atoms with Crippen LogP contribution < -0.4 is 0 Å². The van der Waals surface area contributed by atoms with Gasteiger partial charge in [0.15, 0.2) is 5.78 Å². The second-order valence-electron chi connectivity index (χ2n) is 8.10. The van der Waals surface area contributed by atoms with E-state index in [4.69, 9.17) is 4.74 Å². The van der Waals surface area contributed by atoms with Crippen molar-refractivity contribution in [3.63, 3.8) is 0 Å². The molecule has 1 unspecified atom stereocenters. The fourth-order valence-electron chi connectivity index (χ4n) is 2.94. The standard InChI is InChI=1S/C23H40O3/c1-7-22(24)21(16-12-8-10-14-18(2)3)20(6)23(25)26-17-13-9-11-15-19(4)5/h7,18-19,21H,1,6,8-17H2,2-5H3. The first-order valence-corrected chi connectivity index (χ1v) is 10.3. The highest BCUT2D eigenvalue weighted by Gasteiger charge is 2.24. The minimum atomic E-state index is -0.486. The molecule has 0 heterocycles. The molecule has 150 valence electrons. The van der Waals surface area contributed by atoms with Crippen molar-refractivity contribution in [2.45, 2.75) is 85.5 Å². The number of ether oxygens (including phenoxy) is 1. The quantitative estimate of drug-likeness (QED) is 0.184. The smallest absolute Gasteiger partial charge is 0.334 e. The maximum atomic E-state index is 12.2. The van der Waals surface area contributed by atoms with Gasteiger partial charge in [0.25, 0.3) is 0 Å². The van der Waals surface area contributed by atoms with Crippen LogP contribution in [0.15, 0.2) is 24.8 Å². The molecular weight excluding hydrogens is 324 g/mol. The van der Waals surface area contributed by atoms with Crippen molar-refractivity contribution < 1.29 is 14.3 Å². The molecule has 0 aliphatic rings. The molecule has 0 saturated carbocycles. The fraction of sp³-hybridized carbons (Fsp3) is 0.739. The fourth-order valence-corrected chi connectivity index (χ4v) is 2.94. The van der Waals surface area contributed by atoms with Crippen LogP contribution in [0.2, 0.25) is 0 Å². The molecule has 3 nitrogen and oxygen atoms in total. The Morgan fingerprint density at radius 3 is 1.85 bits per heavy atom. The van der Waals surface area contributed by atoms with Crippen LogP contribution in [0, 0.1) is 17.8 Å². The minimum absolute atomic E-state index is 0.132. The van der Waals surface area contributed by atoms with Gasteiger partial charge in [0, 0.05) is 5.57 Å². The van der Waals surface area contributed by atoms with Crippen LogP contribution in [-0.2, 0) is 14.3 Å². The summed E-state index contributed by atoms with van der Waals surface area (Å²) in [4.78, 5) is 24.3. The number of ketones is 1. The van der Waals surface area contributed by atoms with Gasteiger partial charge in [0.05, 0.1) is 12.5 Å². The zero-order valence-corrected chi connectivity index (χ0v) is 17.5. The molecule has 0 aliphatic carbocycles. The molecule has 0 bridgehead atoms. The molecule has 1 atom stereocenters. The average Bonchev–Trinajstić information content (AvgIpc) is 2.59. The molecule has 0 spiro atoms. The highest BCUT2D eigenvalue weighted by molar-refractivity contribution is 6.01. The SMILES string of the molecule is C=CC(=O)C(CCCCCC(C)C)C(=C)C(=O)OCCCCCC(C)C. The topological polar surface area (TPSA) is 43.4 Å². The van der Waals surface area contributed by atoms with Crippen LogP contribution in [0.5, 0.6) is 0 Å². The summed E-state index contributed by atoms with van der Waals surface area (Å²) >= 11 is 0. The summed E-state index contributed by atoms with van der Waals surface area (Å²) in [6, 6.07) is 0. The van der Waals surface area contributed by atoms with Crippen LogP contribution in [0.4, 0.5) is 0 Å². The van der Waals surface area contributed by atoms with E-state index in [1.165, 1.54) is 18.9 Å². The zero-order valence-electron chi connectivity index (χ0n) is 17.5. The number of carbonyl (C=O) groups is 2. The summed E-state index contributed by atoms with van der Waals surface area (Å²) in [6.07, 6.45) is 10.5. The Bertz CT molecular complexity index is 435. The minimum Gasteiger partial charge on any atom is -0.462 e. The lowest BCUT2D eigenvalue weighted by atomic mass is 9.89. The molecule has 0 saturated heterocycles. The third kappa shape index (κ3) is 12.1. The summed E-state index contributed by atoms with van der Waals surface area (Å²) < 4.78 is 5.32. The van der Waals surface area contributed by atoms with Gasteiger partial charge in [-0.05, 0) is 30.8 Å². The Kier molecular flexibility index (Phi) is 14.0. The molecule has 0 rings (SSSR count). The Morgan fingerprint density at radius 2 is 1.35 bits per heavy atom. The van der Waals surface area contributed by atoms with Gasteiger partial charge in [-0.3, -0.25) is 4.79 Å². The van der Waals surface area contributed by atoms with Crippen LogP contribution in [-0.4, -0.2) is 18.4 Å². The molecule has 0 amide bonds. The van der Waals surface area contributed by atoms with Gasteiger partial charge in [-0.2, -0.15) is 0 Å². The van der Waals surface area contributed by atoms with Crippen molar-refractivity contribution in [3.8, 4) is 0 Å². The molecule has 0 aromatic rings. The zero-order chi connectivity index (χ0) is 19.9. The summed E-state index contributed by atoms with van der Waals surface area (Å²) in [5.74, 6) is 0.360. The molecule has 26 heavy (non-hydrogen) atoms. The Morgan fingerprint density at radius 1 is 0.846 bits per heavy atom. The van der Waals surface area contributed by atoms with Crippen molar-refractivity contribution in [1.82, 2.24) is 0 Å². The number of esters is 1. The molecule has 0 aromatic carbocycles. The van der Waals surface area contributed by atoms with E-state index in [2.05, 4.69) is 40.9 Å². The summed E-state index contributed by atoms with van der Waals surface area (Å²) in [6.45, 7) is 16.7. The lowest BCUT2D eigenvalue weighted by Gasteiger charge is -2.16. The van der Waals surface area contributed by atoms with E-state index in [1.807, 2.05) is 0 Å². The number of hydrogen-bond donors (Lipinski definition) is 0. The molecule has 0 aromatic heterocycles. The van der Waals surface area contributed by atoms with Gasteiger partial charge in [0.1, 0.15) is 0 Å². The van der Waals surface area contributed by atoms with E-state index < -0.39 is 11.9 Å². The van der Waals surface area contributed by atoms with Crippen molar-refractivity contribution in [2.75, 3.05) is 6.61 Å². The lowest BCUT2D eigenvalue weighted by molar-refractivity contribution is -0.140. The first-order chi connectivity index (χ1) is 12.3. The number of hydrogen-bond acceptors (Lipinski definition) is 3. The third-order valence-electron chi connectivity index (χ3n) is 4.66. The van der Waals surface area contributed by atoms with Crippen LogP contribution in [0.25, 0.3) is 0 Å². The van der Waals surface area contributed by atoms with E-state index in [-0.39, 0.29) is 11.4 Å². The Labute approximate surface area is 161 Å². The van der Waals surface area contributed by atoms with Gasteiger partial charge in [0.2, 0.25) is 0 Å². The maximum absolute atomic E-state index is 12.2. The van der Waals surface area contributed by atoms with Gasteiger partial charge >= 0.3 is 5.97 Å². The second kappa shape index (κ2) is 14.8. The van der Waals surface area contributed by atoms with E-state index in [1.54, 1.807) is 0 Å². The predicted octanol–water partition coefficient (Wildman–Crippen LogP) is 6.28. The molecule has 0 fully saturated rings.